The van der Waals surface area contributed by atoms with Crippen molar-refractivity contribution >= 4 is 23.4 Å². The van der Waals surface area contributed by atoms with E-state index in [0.29, 0.717) is 6.42 Å². The molecule has 6 N–H and O–H groups in total. The van der Waals surface area contributed by atoms with Crippen LogP contribution < -0.4 is 11.5 Å². The maximum absolute atomic E-state index is 10.4. The standard InChI is InChI=1S/C9H11NO2.CH3NOS/c10-8(9(11)12)6-7-4-2-1-3-5-7;2-1(3)4/h1-5,8H,6,10H2,(H,11,12);(H3,2,3,4). The molecule has 1 unspecified atom stereocenters. The summed E-state index contributed by atoms with van der Waals surface area (Å²) in [6, 6.07) is 8.54. The van der Waals surface area contributed by atoms with Gasteiger partial charge in [0.2, 0.25) is 0 Å². The molecule has 0 saturated carbocycles. The maximum Gasteiger partial charge on any atom is 0.320 e. The zero-order valence-electron chi connectivity index (χ0n) is 8.54. The van der Waals surface area contributed by atoms with Crippen LogP contribution in [-0.2, 0) is 11.2 Å². The molecule has 0 amide bonds. The summed E-state index contributed by atoms with van der Waals surface area (Å²) in [6.45, 7) is 0. The first-order valence-electron chi connectivity index (χ1n) is 4.44. The third-order valence-electron chi connectivity index (χ3n) is 1.62. The second-order valence-electron chi connectivity index (χ2n) is 2.97. The van der Waals surface area contributed by atoms with Crippen molar-refractivity contribution in [1.82, 2.24) is 0 Å². The Morgan fingerprint density at radius 2 is 1.75 bits per heavy atom. The van der Waals surface area contributed by atoms with Gasteiger partial charge in [0.15, 0.2) is 0 Å². The monoisotopic (exact) mass is 242 g/mol. The number of carbonyl (C=O) groups is 1. The molecule has 0 radical (unpaired) electrons. The summed E-state index contributed by atoms with van der Waals surface area (Å²) in [5, 5.41) is 15.6. The van der Waals surface area contributed by atoms with Gasteiger partial charge in [0.25, 0.3) is 5.17 Å². The Bertz CT molecular complexity index is 339. The quantitative estimate of drug-likeness (QED) is 0.572. The third-order valence-corrected chi connectivity index (χ3v) is 1.62. The van der Waals surface area contributed by atoms with E-state index in [2.05, 4.69) is 18.0 Å². The van der Waals surface area contributed by atoms with Crippen molar-refractivity contribution in [2.24, 2.45) is 11.5 Å². The molecular formula is C10H14N2O3S. The summed E-state index contributed by atoms with van der Waals surface area (Å²) in [7, 11) is 0. The van der Waals surface area contributed by atoms with Crippen LogP contribution in [0.25, 0.3) is 0 Å². The number of aliphatic hydroxyl groups excluding tert-OH is 1. The molecule has 0 aliphatic rings. The molecular weight excluding hydrogens is 228 g/mol. The van der Waals surface area contributed by atoms with Crippen molar-refractivity contribution in [2.45, 2.75) is 12.5 Å². The van der Waals surface area contributed by atoms with Crippen LogP contribution in [-0.4, -0.2) is 27.4 Å². The summed E-state index contributed by atoms with van der Waals surface area (Å²) in [4.78, 5) is 10.4. The highest BCUT2D eigenvalue weighted by Crippen LogP contribution is 2.01. The van der Waals surface area contributed by atoms with Gasteiger partial charge < -0.3 is 21.7 Å². The van der Waals surface area contributed by atoms with Crippen LogP contribution in [0.4, 0.5) is 0 Å². The Hall–Kier alpha value is -1.66. The highest BCUT2D eigenvalue weighted by Gasteiger charge is 2.10. The normalized spacial score (nSPS) is 10.8. The number of benzene rings is 1. The first kappa shape index (κ1) is 14.3. The second kappa shape index (κ2) is 7.61. The number of rotatable bonds is 3. The fraction of sp³-hybridized carbons (Fsp3) is 0.200. The summed E-state index contributed by atoms with van der Waals surface area (Å²) in [6.07, 6.45) is 0.385. The minimum absolute atomic E-state index is 0.385. The SMILES string of the molecule is NC(Cc1ccccc1)C(=O)O.NC(O)=S. The van der Waals surface area contributed by atoms with Gasteiger partial charge in [0.05, 0.1) is 0 Å². The number of thiocarbonyl (C=S) groups is 1. The fourth-order valence-electron chi connectivity index (χ4n) is 0.955. The first-order chi connectivity index (χ1) is 7.43. The number of hydrogen-bond acceptors (Lipinski definition) is 3. The van der Waals surface area contributed by atoms with Crippen LogP contribution in [0.3, 0.4) is 0 Å². The van der Waals surface area contributed by atoms with Gasteiger partial charge in [-0.05, 0) is 24.2 Å². The van der Waals surface area contributed by atoms with Gasteiger partial charge in [-0.1, -0.05) is 30.3 Å². The minimum atomic E-state index is -0.959. The molecule has 0 heterocycles. The molecule has 0 fully saturated rings. The maximum atomic E-state index is 10.4. The molecule has 88 valence electrons. The predicted octanol–water partition coefficient (Wildman–Crippen LogP) is 0.429. The zero-order chi connectivity index (χ0) is 12.6. The Morgan fingerprint density at radius 1 is 1.31 bits per heavy atom. The number of nitrogens with two attached hydrogens (primary N) is 2. The molecule has 0 spiro atoms. The molecule has 0 aliphatic carbocycles. The van der Waals surface area contributed by atoms with E-state index < -0.39 is 17.2 Å². The Balaban J connectivity index is 0.000000487. The van der Waals surface area contributed by atoms with Crippen LogP contribution in [0.2, 0.25) is 0 Å². The highest BCUT2D eigenvalue weighted by molar-refractivity contribution is 7.79. The van der Waals surface area contributed by atoms with Crippen molar-refractivity contribution < 1.29 is 15.0 Å². The molecule has 1 atom stereocenters. The van der Waals surface area contributed by atoms with Gasteiger partial charge in [0.1, 0.15) is 6.04 Å². The number of hydrogen-bond donors (Lipinski definition) is 4. The van der Waals surface area contributed by atoms with Gasteiger partial charge in [-0.2, -0.15) is 0 Å². The Labute approximate surface area is 98.7 Å². The Morgan fingerprint density at radius 3 is 2.12 bits per heavy atom. The van der Waals surface area contributed by atoms with Crippen molar-refractivity contribution in [3.63, 3.8) is 0 Å². The lowest BCUT2D eigenvalue weighted by molar-refractivity contribution is -0.138. The lowest BCUT2D eigenvalue weighted by atomic mass is 10.1. The molecule has 16 heavy (non-hydrogen) atoms. The van der Waals surface area contributed by atoms with E-state index in [1.165, 1.54) is 0 Å². The van der Waals surface area contributed by atoms with Crippen LogP contribution in [0.15, 0.2) is 30.3 Å². The van der Waals surface area contributed by atoms with E-state index in [4.69, 9.17) is 15.9 Å². The fourth-order valence-corrected chi connectivity index (χ4v) is 0.955. The van der Waals surface area contributed by atoms with Gasteiger partial charge in [0, 0.05) is 0 Å². The van der Waals surface area contributed by atoms with E-state index in [9.17, 15) is 4.79 Å². The summed E-state index contributed by atoms with van der Waals surface area (Å²) in [5.74, 6) is -0.959. The van der Waals surface area contributed by atoms with Crippen LogP contribution in [0.1, 0.15) is 5.56 Å². The molecule has 1 rings (SSSR count). The summed E-state index contributed by atoms with van der Waals surface area (Å²) in [5.41, 5.74) is 10.7. The van der Waals surface area contributed by atoms with E-state index in [1.54, 1.807) is 0 Å². The van der Waals surface area contributed by atoms with Crippen LogP contribution >= 0.6 is 12.2 Å². The van der Waals surface area contributed by atoms with Crippen LogP contribution in [0.5, 0.6) is 0 Å². The van der Waals surface area contributed by atoms with Gasteiger partial charge >= 0.3 is 5.97 Å². The second-order valence-corrected chi connectivity index (χ2v) is 3.39. The van der Waals surface area contributed by atoms with E-state index in [0.717, 1.165) is 5.56 Å². The lowest BCUT2D eigenvalue weighted by Gasteiger charge is -2.04. The van der Waals surface area contributed by atoms with Gasteiger partial charge in [-0.3, -0.25) is 4.79 Å². The molecule has 6 heteroatoms. The number of carboxylic acid groups (broad SMARTS) is 1. The summed E-state index contributed by atoms with van der Waals surface area (Å²) < 4.78 is 0. The van der Waals surface area contributed by atoms with Crippen molar-refractivity contribution in [3.05, 3.63) is 35.9 Å². The zero-order valence-corrected chi connectivity index (χ0v) is 9.35. The van der Waals surface area contributed by atoms with Crippen molar-refractivity contribution in [2.75, 3.05) is 0 Å². The molecule has 0 aromatic heterocycles. The average molecular weight is 242 g/mol. The molecule has 1 aromatic rings. The number of carboxylic acids is 1. The van der Waals surface area contributed by atoms with Crippen LogP contribution in [0, 0.1) is 0 Å². The minimum Gasteiger partial charge on any atom is -0.487 e. The van der Waals surface area contributed by atoms with E-state index in [1.807, 2.05) is 30.3 Å². The highest BCUT2D eigenvalue weighted by atomic mass is 32.1. The van der Waals surface area contributed by atoms with E-state index in [-0.39, 0.29) is 0 Å². The third kappa shape index (κ3) is 7.72. The largest absolute Gasteiger partial charge is 0.487 e. The molecule has 0 saturated heterocycles. The van der Waals surface area contributed by atoms with E-state index >= 15 is 0 Å². The van der Waals surface area contributed by atoms with Gasteiger partial charge in [-0.15, -0.1) is 0 Å². The average Bonchev–Trinajstić information content (AvgIpc) is 2.18. The number of aliphatic hydroxyl groups is 1. The first-order valence-corrected chi connectivity index (χ1v) is 4.85. The smallest absolute Gasteiger partial charge is 0.320 e. The van der Waals surface area contributed by atoms with Gasteiger partial charge in [-0.25, -0.2) is 0 Å². The Kier molecular flexibility index (Phi) is 6.82. The molecule has 0 aliphatic heterocycles. The predicted molar refractivity (Wildman–Crippen MR) is 65.2 cm³/mol. The summed E-state index contributed by atoms with van der Waals surface area (Å²) >= 11 is 3.87. The number of aliphatic carboxylic acids is 1. The topological polar surface area (TPSA) is 110 Å². The lowest BCUT2D eigenvalue weighted by Crippen LogP contribution is -2.32. The van der Waals surface area contributed by atoms with Crippen molar-refractivity contribution in [3.8, 4) is 0 Å². The molecule has 0 bridgehead atoms. The molecule has 1 aromatic carbocycles. The molecule has 5 nitrogen and oxygen atoms in total. The van der Waals surface area contributed by atoms with Crippen molar-refractivity contribution in [1.29, 1.82) is 0 Å².